The van der Waals surface area contributed by atoms with Gasteiger partial charge in [-0.05, 0) is 26.0 Å². The van der Waals surface area contributed by atoms with Crippen molar-refractivity contribution in [3.8, 4) is 0 Å². The summed E-state index contributed by atoms with van der Waals surface area (Å²) in [6, 6.07) is 3.31. The van der Waals surface area contributed by atoms with Crippen molar-refractivity contribution in [3.63, 3.8) is 0 Å². The molecule has 1 unspecified atom stereocenters. The van der Waals surface area contributed by atoms with Gasteiger partial charge >= 0.3 is 5.97 Å². The Morgan fingerprint density at radius 2 is 2.05 bits per heavy atom. The Balaban J connectivity index is 1.91. The molecule has 2 aliphatic rings. The van der Waals surface area contributed by atoms with Crippen molar-refractivity contribution in [1.29, 1.82) is 0 Å². The molecule has 3 heterocycles. The highest BCUT2D eigenvalue weighted by molar-refractivity contribution is 8.03. The number of amides is 1. The number of nitrogens with zero attached hydrogens (tertiary/aromatic N) is 2. The molecule has 0 aromatic carbocycles. The van der Waals surface area contributed by atoms with Crippen molar-refractivity contribution >= 4 is 23.6 Å². The molecule has 0 radical (unpaired) electrons. The van der Waals surface area contributed by atoms with Crippen LogP contribution in [-0.2, 0) is 9.59 Å². The first-order chi connectivity index (χ1) is 10.3. The fraction of sp³-hybridized carbons (Fsp3) is 0.400. The predicted molar refractivity (Wildman–Crippen MR) is 79.8 cm³/mol. The second-order valence-electron chi connectivity index (χ2n) is 5.97. The second-order valence-corrected chi connectivity index (χ2v) is 7.14. The number of aromatic nitrogens is 1. The first kappa shape index (κ1) is 15.1. The number of carboxylic acids is 1. The number of fused-ring (bicyclic) bond motifs is 1. The van der Waals surface area contributed by atoms with Crippen LogP contribution in [0.25, 0.3) is 0 Å². The molecule has 6 nitrogen and oxygen atoms in total. The van der Waals surface area contributed by atoms with Crippen LogP contribution in [0.5, 0.6) is 0 Å². The summed E-state index contributed by atoms with van der Waals surface area (Å²) in [6.07, 6.45) is 3.73. The van der Waals surface area contributed by atoms with Gasteiger partial charge in [-0.3, -0.25) is 9.78 Å². The van der Waals surface area contributed by atoms with E-state index in [0.717, 1.165) is 4.90 Å². The molecule has 1 aromatic rings. The van der Waals surface area contributed by atoms with Crippen LogP contribution < -0.4 is 0 Å². The third-order valence-electron chi connectivity index (χ3n) is 3.97. The van der Waals surface area contributed by atoms with Crippen LogP contribution in [0, 0.1) is 5.92 Å². The first-order valence-electron chi connectivity index (χ1n) is 6.90. The van der Waals surface area contributed by atoms with E-state index in [4.69, 9.17) is 0 Å². The molecular weight excluding hydrogens is 304 g/mol. The number of carbonyl (C=O) groups excluding carboxylic acids is 1. The summed E-state index contributed by atoms with van der Waals surface area (Å²) in [4.78, 5) is 30.6. The predicted octanol–water partition coefficient (Wildman–Crippen LogP) is 1.47. The largest absolute Gasteiger partial charge is 0.477 e. The Hall–Kier alpha value is -1.86. The lowest BCUT2D eigenvalue weighted by atomic mass is 9.76. The molecule has 1 saturated heterocycles. The summed E-state index contributed by atoms with van der Waals surface area (Å²) in [6.45, 7) is 3.17. The Labute approximate surface area is 131 Å². The van der Waals surface area contributed by atoms with Crippen molar-refractivity contribution < 1.29 is 19.8 Å². The number of aliphatic carboxylic acids is 1. The smallest absolute Gasteiger partial charge is 0.353 e. The Morgan fingerprint density at radius 3 is 2.59 bits per heavy atom. The molecule has 7 heteroatoms. The van der Waals surface area contributed by atoms with E-state index < -0.39 is 17.5 Å². The van der Waals surface area contributed by atoms with E-state index in [0.29, 0.717) is 11.3 Å². The van der Waals surface area contributed by atoms with Crippen molar-refractivity contribution in [2.45, 2.75) is 36.8 Å². The minimum Gasteiger partial charge on any atom is -0.477 e. The number of rotatable bonds is 4. The van der Waals surface area contributed by atoms with Crippen LogP contribution in [-0.4, -0.2) is 43.6 Å². The summed E-state index contributed by atoms with van der Waals surface area (Å²) in [7, 11) is 0. The van der Waals surface area contributed by atoms with E-state index in [2.05, 4.69) is 4.98 Å². The molecule has 1 amide bonds. The van der Waals surface area contributed by atoms with E-state index in [9.17, 15) is 19.8 Å². The average Bonchev–Trinajstić information content (AvgIpc) is 2.72. The first-order valence-corrected chi connectivity index (χ1v) is 7.72. The molecule has 22 heavy (non-hydrogen) atoms. The van der Waals surface area contributed by atoms with E-state index in [-0.39, 0.29) is 17.6 Å². The highest BCUT2D eigenvalue weighted by atomic mass is 32.2. The third-order valence-corrected chi connectivity index (χ3v) is 5.09. The van der Waals surface area contributed by atoms with E-state index in [1.807, 2.05) is 0 Å². The maximum Gasteiger partial charge on any atom is 0.353 e. The lowest BCUT2D eigenvalue weighted by Gasteiger charge is -2.48. The fourth-order valence-electron chi connectivity index (χ4n) is 3.08. The van der Waals surface area contributed by atoms with Crippen molar-refractivity contribution in [2.24, 2.45) is 5.92 Å². The number of hydrogen-bond donors (Lipinski definition) is 2. The monoisotopic (exact) mass is 320 g/mol. The van der Waals surface area contributed by atoms with Crippen LogP contribution in [0.15, 0.2) is 40.0 Å². The highest BCUT2D eigenvalue weighted by Gasteiger charge is 2.59. The summed E-state index contributed by atoms with van der Waals surface area (Å²) in [5.74, 6) is -1.99. The molecule has 1 fully saturated rings. The zero-order valence-electron chi connectivity index (χ0n) is 12.2. The molecule has 116 valence electrons. The molecule has 3 rings (SSSR count). The average molecular weight is 320 g/mol. The molecule has 2 aliphatic heterocycles. The van der Waals surface area contributed by atoms with Gasteiger partial charge < -0.3 is 15.1 Å². The quantitative estimate of drug-likeness (QED) is 0.817. The van der Waals surface area contributed by atoms with Crippen LogP contribution in [0.4, 0.5) is 0 Å². The maximum atomic E-state index is 12.3. The fourth-order valence-corrected chi connectivity index (χ4v) is 4.16. The number of carboxylic acid groups (broad SMARTS) is 1. The van der Waals surface area contributed by atoms with Gasteiger partial charge in [0.1, 0.15) is 5.70 Å². The highest BCUT2D eigenvalue weighted by Crippen LogP contribution is 2.50. The molecule has 0 aliphatic carbocycles. The summed E-state index contributed by atoms with van der Waals surface area (Å²) in [5.41, 5.74) is -1.11. The van der Waals surface area contributed by atoms with E-state index in [1.165, 1.54) is 16.7 Å². The summed E-state index contributed by atoms with van der Waals surface area (Å²) < 4.78 is 0. The van der Waals surface area contributed by atoms with Crippen LogP contribution in [0.3, 0.4) is 0 Å². The molecule has 0 bridgehead atoms. The van der Waals surface area contributed by atoms with Gasteiger partial charge in [-0.2, -0.15) is 0 Å². The van der Waals surface area contributed by atoms with Crippen LogP contribution in [0.1, 0.15) is 20.3 Å². The van der Waals surface area contributed by atoms with Gasteiger partial charge in [-0.15, -0.1) is 0 Å². The van der Waals surface area contributed by atoms with Crippen molar-refractivity contribution in [1.82, 2.24) is 9.88 Å². The number of aliphatic hydroxyl groups is 1. The van der Waals surface area contributed by atoms with Crippen LogP contribution >= 0.6 is 11.8 Å². The van der Waals surface area contributed by atoms with Crippen LogP contribution in [0.2, 0.25) is 0 Å². The Kier molecular flexibility index (Phi) is 3.49. The number of β-lactam (4-membered cyclic amide) rings is 1. The van der Waals surface area contributed by atoms with Gasteiger partial charge in [0, 0.05) is 28.6 Å². The van der Waals surface area contributed by atoms with Crippen molar-refractivity contribution in [2.75, 3.05) is 0 Å². The molecule has 0 spiro atoms. The maximum absolute atomic E-state index is 12.3. The minimum absolute atomic E-state index is 0.0392. The lowest BCUT2D eigenvalue weighted by molar-refractivity contribution is -0.169. The number of thioether (sulfide) groups is 1. The summed E-state index contributed by atoms with van der Waals surface area (Å²) >= 11 is 1.33. The Morgan fingerprint density at radius 1 is 1.41 bits per heavy atom. The van der Waals surface area contributed by atoms with Gasteiger partial charge in [0.2, 0.25) is 5.91 Å². The van der Waals surface area contributed by atoms with Gasteiger partial charge in [0.15, 0.2) is 0 Å². The normalized spacial score (nSPS) is 24.3. The molecule has 2 atom stereocenters. The number of pyridine rings is 1. The number of hydrogen-bond acceptors (Lipinski definition) is 5. The lowest BCUT2D eigenvalue weighted by Crippen LogP contribution is -2.65. The molecular formula is C15H16N2O4S. The van der Waals surface area contributed by atoms with Crippen molar-refractivity contribution in [3.05, 3.63) is 35.1 Å². The topological polar surface area (TPSA) is 90.7 Å². The number of carbonyl (C=O) groups is 2. The van der Waals surface area contributed by atoms with Gasteiger partial charge in [-0.1, -0.05) is 11.8 Å². The molecule has 1 aromatic heterocycles. The standard InChI is InChI=1S/C15H16N2O4S/c1-15(2,21)11-9-7-10(22-8-3-5-16-6-4-8)12(14(19)20)17(9)13(11)18/h3-6,9,11,21H,7H2,1-2H3,(H,19,20)/t9?,11-/m0/s1. The molecule has 2 N–H and O–H groups in total. The van der Waals surface area contributed by atoms with Gasteiger partial charge in [0.05, 0.1) is 17.6 Å². The van der Waals surface area contributed by atoms with Gasteiger partial charge in [-0.25, -0.2) is 4.79 Å². The second kappa shape index (κ2) is 5.10. The summed E-state index contributed by atoms with van der Waals surface area (Å²) in [5, 5.41) is 19.6. The minimum atomic E-state index is -1.15. The SMILES string of the molecule is CC(C)(O)[C@@H]1C(=O)N2C(C(=O)O)=C(Sc3ccncc3)CC12. The molecule has 0 saturated carbocycles. The van der Waals surface area contributed by atoms with E-state index >= 15 is 0 Å². The zero-order valence-corrected chi connectivity index (χ0v) is 13.0. The third kappa shape index (κ3) is 2.30. The Bertz CT molecular complexity index is 666. The van der Waals surface area contributed by atoms with E-state index in [1.54, 1.807) is 38.4 Å². The zero-order chi connectivity index (χ0) is 16.1. The van der Waals surface area contributed by atoms with Gasteiger partial charge in [0.25, 0.3) is 0 Å².